The van der Waals surface area contributed by atoms with Gasteiger partial charge in [0.2, 0.25) is 0 Å². The number of aryl methyl sites for hydroxylation is 1. The summed E-state index contributed by atoms with van der Waals surface area (Å²) in [5.41, 5.74) is 8.68. The molecule has 4 nitrogen and oxygen atoms in total. The van der Waals surface area contributed by atoms with Gasteiger partial charge in [-0.2, -0.15) is 16.4 Å². The topological polar surface area (TPSA) is 43.6 Å². The lowest BCUT2D eigenvalue weighted by Crippen LogP contribution is -1.94. The summed E-state index contributed by atoms with van der Waals surface area (Å²) in [5.74, 6) is 0. The van der Waals surface area contributed by atoms with E-state index in [0.717, 1.165) is 52.9 Å². The predicted octanol–water partition coefficient (Wildman–Crippen LogP) is 6.99. The van der Waals surface area contributed by atoms with Crippen LogP contribution in [0.5, 0.6) is 0 Å². The van der Waals surface area contributed by atoms with Gasteiger partial charge in [-0.3, -0.25) is 9.67 Å². The van der Waals surface area contributed by atoms with Crippen LogP contribution in [0.3, 0.4) is 0 Å². The molecule has 0 amide bonds. The quantitative estimate of drug-likeness (QED) is 0.295. The van der Waals surface area contributed by atoms with E-state index < -0.39 is 0 Å². The SMILES string of the molecule is c1ccc(-c2nn3c(c2-c2cc(-c4ccc5cscc5c4)nc4ccccc24)CCC3)nc1. The van der Waals surface area contributed by atoms with Gasteiger partial charge in [0.15, 0.2) is 0 Å². The number of aromatic nitrogens is 4. The highest BCUT2D eigenvalue weighted by molar-refractivity contribution is 7.09. The van der Waals surface area contributed by atoms with Gasteiger partial charge in [0, 0.05) is 34.9 Å². The van der Waals surface area contributed by atoms with Crippen LogP contribution in [-0.4, -0.2) is 19.7 Å². The van der Waals surface area contributed by atoms with Crippen LogP contribution in [-0.2, 0) is 13.0 Å². The van der Waals surface area contributed by atoms with Crippen LogP contribution >= 0.6 is 11.3 Å². The standard InChI is InChI=1S/C28H20N4S/c1-2-7-23-21(6-1)22(15-25(30-23)18-10-11-19-16-33-17-20(19)14-18)27-26-9-5-13-32(26)31-28(27)24-8-3-4-12-29-24/h1-4,6-8,10-12,14-17H,5,9,13H2. The molecule has 0 N–H and O–H groups in total. The third-order valence-corrected chi connectivity index (χ3v) is 7.29. The van der Waals surface area contributed by atoms with Crippen molar-refractivity contribution in [2.24, 2.45) is 0 Å². The molecule has 5 heterocycles. The molecule has 4 aromatic heterocycles. The van der Waals surface area contributed by atoms with E-state index in [1.165, 1.54) is 27.6 Å². The maximum atomic E-state index is 5.06. The van der Waals surface area contributed by atoms with Crippen LogP contribution < -0.4 is 0 Å². The maximum absolute atomic E-state index is 5.06. The van der Waals surface area contributed by atoms with E-state index in [1.807, 2.05) is 18.3 Å². The molecule has 1 aliphatic heterocycles. The van der Waals surface area contributed by atoms with E-state index in [2.05, 4.69) is 75.0 Å². The van der Waals surface area contributed by atoms with Gasteiger partial charge in [0.25, 0.3) is 0 Å². The molecule has 0 aliphatic carbocycles. The minimum absolute atomic E-state index is 0.913. The fourth-order valence-corrected chi connectivity index (χ4v) is 5.73. The second-order valence-corrected chi connectivity index (χ2v) is 9.24. The molecule has 0 saturated heterocycles. The van der Waals surface area contributed by atoms with E-state index in [0.29, 0.717) is 0 Å². The van der Waals surface area contributed by atoms with Gasteiger partial charge < -0.3 is 0 Å². The zero-order valence-electron chi connectivity index (χ0n) is 17.9. The van der Waals surface area contributed by atoms with Gasteiger partial charge in [-0.1, -0.05) is 36.4 Å². The van der Waals surface area contributed by atoms with Crippen molar-refractivity contribution in [3.05, 3.63) is 89.4 Å². The molecular weight excluding hydrogens is 424 g/mol. The zero-order valence-corrected chi connectivity index (χ0v) is 18.7. The third kappa shape index (κ3) is 3.00. The van der Waals surface area contributed by atoms with Crippen molar-refractivity contribution in [3.63, 3.8) is 0 Å². The van der Waals surface area contributed by atoms with Crippen molar-refractivity contribution in [1.82, 2.24) is 19.7 Å². The molecule has 0 atom stereocenters. The summed E-state index contributed by atoms with van der Waals surface area (Å²) in [6.07, 6.45) is 4.00. The molecule has 1 aliphatic rings. The monoisotopic (exact) mass is 444 g/mol. The first-order valence-electron chi connectivity index (χ1n) is 11.2. The lowest BCUT2D eigenvalue weighted by atomic mass is 9.94. The molecule has 5 heteroatoms. The number of benzene rings is 2. The van der Waals surface area contributed by atoms with Gasteiger partial charge >= 0.3 is 0 Å². The van der Waals surface area contributed by atoms with Crippen molar-refractivity contribution in [3.8, 4) is 33.8 Å². The summed E-state index contributed by atoms with van der Waals surface area (Å²) >= 11 is 1.74. The van der Waals surface area contributed by atoms with Gasteiger partial charge in [0.1, 0.15) is 5.69 Å². The Balaban J connectivity index is 1.53. The zero-order chi connectivity index (χ0) is 21.8. The Labute approximate surface area is 195 Å². The van der Waals surface area contributed by atoms with Crippen molar-refractivity contribution in [2.45, 2.75) is 19.4 Å². The van der Waals surface area contributed by atoms with Gasteiger partial charge in [-0.05, 0) is 70.3 Å². The summed E-state index contributed by atoms with van der Waals surface area (Å²) in [6.45, 7) is 0.958. The molecule has 0 bridgehead atoms. The van der Waals surface area contributed by atoms with E-state index >= 15 is 0 Å². The Bertz CT molecular complexity index is 1650. The first kappa shape index (κ1) is 18.7. The largest absolute Gasteiger partial charge is 0.268 e. The molecular formula is C28H20N4S. The summed E-state index contributed by atoms with van der Waals surface area (Å²) in [5, 5.41) is 13.1. The Kier molecular flexibility index (Phi) is 4.17. The summed E-state index contributed by atoms with van der Waals surface area (Å²) in [7, 11) is 0. The van der Waals surface area contributed by atoms with Crippen molar-refractivity contribution in [1.29, 1.82) is 0 Å². The molecule has 0 fully saturated rings. The molecule has 0 spiro atoms. The van der Waals surface area contributed by atoms with Crippen LogP contribution in [0.4, 0.5) is 0 Å². The number of rotatable bonds is 3. The molecule has 0 unspecified atom stereocenters. The number of hydrogen-bond donors (Lipinski definition) is 0. The average Bonchev–Trinajstić information content (AvgIpc) is 3.59. The lowest BCUT2D eigenvalue weighted by molar-refractivity contribution is 0.658. The molecule has 33 heavy (non-hydrogen) atoms. The number of nitrogens with zero attached hydrogens (tertiary/aromatic N) is 4. The Morgan fingerprint density at radius 2 is 1.76 bits per heavy atom. The molecule has 2 aromatic carbocycles. The van der Waals surface area contributed by atoms with Crippen LogP contribution in [0.1, 0.15) is 12.1 Å². The summed E-state index contributed by atoms with van der Waals surface area (Å²) < 4.78 is 2.17. The molecule has 6 aromatic rings. The Hall–Kier alpha value is -3.83. The summed E-state index contributed by atoms with van der Waals surface area (Å²) in [4.78, 5) is 9.71. The van der Waals surface area contributed by atoms with E-state index in [-0.39, 0.29) is 0 Å². The first-order chi connectivity index (χ1) is 16.3. The number of para-hydroxylation sites is 1. The van der Waals surface area contributed by atoms with Crippen molar-refractivity contribution < 1.29 is 0 Å². The molecule has 7 rings (SSSR count). The third-order valence-electron chi connectivity index (χ3n) is 6.51. The highest BCUT2D eigenvalue weighted by Gasteiger charge is 2.26. The first-order valence-corrected chi connectivity index (χ1v) is 12.2. The minimum Gasteiger partial charge on any atom is -0.268 e. The van der Waals surface area contributed by atoms with Gasteiger partial charge in [-0.15, -0.1) is 0 Å². The van der Waals surface area contributed by atoms with Gasteiger partial charge in [0.05, 0.1) is 16.9 Å². The number of pyridine rings is 2. The fraction of sp³-hybridized carbons (Fsp3) is 0.107. The lowest BCUT2D eigenvalue weighted by Gasteiger charge is -2.12. The smallest absolute Gasteiger partial charge is 0.119 e. The molecule has 0 radical (unpaired) electrons. The van der Waals surface area contributed by atoms with Crippen LogP contribution in [0.25, 0.3) is 55.4 Å². The average molecular weight is 445 g/mol. The summed E-state index contributed by atoms with van der Waals surface area (Å²) in [6, 6.07) is 23.3. The fourth-order valence-electron chi connectivity index (χ4n) is 4.95. The highest BCUT2D eigenvalue weighted by atomic mass is 32.1. The number of hydrogen-bond acceptors (Lipinski definition) is 4. The second kappa shape index (κ2) is 7.36. The van der Waals surface area contributed by atoms with Crippen LogP contribution in [0.2, 0.25) is 0 Å². The van der Waals surface area contributed by atoms with E-state index in [9.17, 15) is 0 Å². The van der Waals surface area contributed by atoms with Crippen LogP contribution in [0.15, 0.2) is 83.7 Å². The normalized spacial score (nSPS) is 13.1. The Morgan fingerprint density at radius 3 is 2.70 bits per heavy atom. The Morgan fingerprint density at radius 1 is 0.848 bits per heavy atom. The maximum Gasteiger partial charge on any atom is 0.119 e. The number of fused-ring (bicyclic) bond motifs is 3. The van der Waals surface area contributed by atoms with Crippen LogP contribution in [0, 0.1) is 0 Å². The second-order valence-electron chi connectivity index (χ2n) is 8.50. The predicted molar refractivity (Wildman–Crippen MR) is 135 cm³/mol. The highest BCUT2D eigenvalue weighted by Crippen LogP contribution is 2.41. The van der Waals surface area contributed by atoms with Crippen molar-refractivity contribution in [2.75, 3.05) is 0 Å². The van der Waals surface area contributed by atoms with E-state index in [4.69, 9.17) is 10.1 Å². The van der Waals surface area contributed by atoms with Crippen molar-refractivity contribution >= 4 is 33.0 Å². The van der Waals surface area contributed by atoms with Gasteiger partial charge in [-0.25, -0.2) is 4.98 Å². The molecule has 0 saturated carbocycles. The molecule has 158 valence electrons. The minimum atomic E-state index is 0.913. The number of thiophene rings is 1. The van der Waals surface area contributed by atoms with E-state index in [1.54, 1.807) is 11.3 Å².